The number of esters is 1. The van der Waals surface area contributed by atoms with Crippen molar-refractivity contribution in [2.75, 3.05) is 7.11 Å². The molecule has 6 heteroatoms. The lowest BCUT2D eigenvalue weighted by Gasteiger charge is -2.26. The maximum absolute atomic E-state index is 11.5. The molecular formula is C11H12O6. The molecule has 1 atom stereocenters. The first kappa shape index (κ1) is 13.0. The molecular weight excluding hydrogens is 228 g/mol. The SMILES string of the molecule is COC(=O)C1(C(=O)O)C=CC(C)=C(C(=O)O)C1. The second-order valence-electron chi connectivity index (χ2n) is 3.74. The van der Waals surface area contributed by atoms with Crippen molar-refractivity contribution in [2.24, 2.45) is 5.41 Å². The molecule has 17 heavy (non-hydrogen) atoms. The lowest BCUT2D eigenvalue weighted by Crippen LogP contribution is -2.41. The molecule has 1 unspecified atom stereocenters. The Kier molecular flexibility index (Phi) is 3.36. The highest BCUT2D eigenvalue weighted by molar-refractivity contribution is 6.04. The first-order valence-electron chi connectivity index (χ1n) is 4.79. The molecule has 0 amide bonds. The molecule has 0 aromatic heterocycles. The fraction of sp³-hybridized carbons (Fsp3) is 0.364. The number of carbonyl (C=O) groups excluding carboxylic acids is 1. The van der Waals surface area contributed by atoms with E-state index in [1.165, 1.54) is 12.2 Å². The summed E-state index contributed by atoms with van der Waals surface area (Å²) in [5.41, 5.74) is -1.61. The van der Waals surface area contributed by atoms with Crippen LogP contribution < -0.4 is 0 Å². The van der Waals surface area contributed by atoms with Crippen LogP contribution in [0.1, 0.15) is 13.3 Å². The zero-order valence-corrected chi connectivity index (χ0v) is 9.39. The third-order valence-corrected chi connectivity index (χ3v) is 2.74. The number of carboxylic acids is 2. The van der Waals surface area contributed by atoms with Gasteiger partial charge in [0.1, 0.15) is 0 Å². The average Bonchev–Trinajstić information content (AvgIpc) is 2.28. The Morgan fingerprint density at radius 3 is 2.35 bits per heavy atom. The van der Waals surface area contributed by atoms with Gasteiger partial charge < -0.3 is 14.9 Å². The molecule has 6 nitrogen and oxygen atoms in total. The van der Waals surface area contributed by atoms with E-state index in [0.717, 1.165) is 7.11 Å². The number of carbonyl (C=O) groups is 3. The standard InChI is InChI=1S/C11H12O6/c1-6-3-4-11(9(14)15,10(16)17-2)5-7(6)8(12)13/h3-4H,5H2,1-2H3,(H,12,13)(H,14,15). The van der Waals surface area contributed by atoms with Crippen molar-refractivity contribution < 1.29 is 29.3 Å². The van der Waals surface area contributed by atoms with Gasteiger partial charge in [0.25, 0.3) is 0 Å². The van der Waals surface area contributed by atoms with Crippen molar-refractivity contribution in [1.82, 2.24) is 0 Å². The Labute approximate surface area is 97.2 Å². The van der Waals surface area contributed by atoms with Gasteiger partial charge in [0, 0.05) is 12.0 Å². The first-order valence-corrected chi connectivity index (χ1v) is 4.79. The smallest absolute Gasteiger partial charge is 0.331 e. The maximum Gasteiger partial charge on any atom is 0.331 e. The Morgan fingerprint density at radius 2 is 1.94 bits per heavy atom. The van der Waals surface area contributed by atoms with Crippen molar-refractivity contribution in [2.45, 2.75) is 13.3 Å². The summed E-state index contributed by atoms with van der Waals surface area (Å²) >= 11 is 0. The van der Waals surface area contributed by atoms with Crippen molar-refractivity contribution in [3.05, 3.63) is 23.3 Å². The minimum absolute atomic E-state index is 0.0969. The fourth-order valence-corrected chi connectivity index (χ4v) is 1.65. The summed E-state index contributed by atoms with van der Waals surface area (Å²) in [7, 11) is 1.06. The van der Waals surface area contributed by atoms with Crippen LogP contribution in [-0.2, 0) is 19.1 Å². The summed E-state index contributed by atoms with van der Waals surface area (Å²) in [5.74, 6) is -3.64. The number of methoxy groups -OCH3 is 1. The molecule has 92 valence electrons. The Balaban J connectivity index is 3.26. The lowest BCUT2D eigenvalue weighted by molar-refractivity contribution is -0.163. The Bertz CT molecular complexity index is 445. The topological polar surface area (TPSA) is 101 Å². The zero-order chi connectivity index (χ0) is 13.2. The van der Waals surface area contributed by atoms with Gasteiger partial charge in [-0.1, -0.05) is 12.2 Å². The Hall–Kier alpha value is -2.11. The van der Waals surface area contributed by atoms with Crippen LogP contribution in [0.2, 0.25) is 0 Å². The van der Waals surface area contributed by atoms with Gasteiger partial charge in [-0.25, -0.2) is 4.79 Å². The summed E-state index contributed by atoms with van der Waals surface area (Å²) < 4.78 is 4.43. The molecule has 1 rings (SSSR count). The minimum atomic E-state index is -1.94. The van der Waals surface area contributed by atoms with E-state index >= 15 is 0 Å². The van der Waals surface area contributed by atoms with Gasteiger partial charge >= 0.3 is 17.9 Å². The summed E-state index contributed by atoms with van der Waals surface area (Å²) in [4.78, 5) is 33.7. The van der Waals surface area contributed by atoms with Crippen molar-refractivity contribution in [3.8, 4) is 0 Å². The average molecular weight is 240 g/mol. The van der Waals surface area contributed by atoms with Crippen molar-refractivity contribution in [1.29, 1.82) is 0 Å². The van der Waals surface area contributed by atoms with E-state index in [9.17, 15) is 14.4 Å². The highest BCUT2D eigenvalue weighted by Crippen LogP contribution is 2.36. The molecule has 0 aromatic carbocycles. The normalized spacial score (nSPS) is 23.4. The highest BCUT2D eigenvalue weighted by Gasteiger charge is 2.48. The monoisotopic (exact) mass is 240 g/mol. The van der Waals surface area contributed by atoms with Gasteiger partial charge in [0.2, 0.25) is 0 Å². The molecule has 0 heterocycles. The van der Waals surface area contributed by atoms with Crippen LogP contribution in [0.5, 0.6) is 0 Å². The van der Waals surface area contributed by atoms with Gasteiger partial charge in [0.05, 0.1) is 7.11 Å². The molecule has 0 spiro atoms. The molecule has 2 N–H and O–H groups in total. The number of ether oxygens (including phenoxy) is 1. The summed E-state index contributed by atoms with van der Waals surface area (Å²) in [5, 5.41) is 18.0. The van der Waals surface area contributed by atoms with Crippen LogP contribution in [0.3, 0.4) is 0 Å². The van der Waals surface area contributed by atoms with Gasteiger partial charge in [-0.15, -0.1) is 0 Å². The minimum Gasteiger partial charge on any atom is -0.480 e. The molecule has 0 bridgehead atoms. The van der Waals surface area contributed by atoms with Gasteiger partial charge in [-0.05, 0) is 12.5 Å². The van der Waals surface area contributed by atoms with Crippen LogP contribution >= 0.6 is 0 Å². The molecule has 0 saturated carbocycles. The van der Waals surface area contributed by atoms with Crippen LogP contribution in [0.25, 0.3) is 0 Å². The lowest BCUT2D eigenvalue weighted by atomic mass is 9.76. The van der Waals surface area contributed by atoms with Gasteiger partial charge in [0.15, 0.2) is 5.41 Å². The molecule has 0 radical (unpaired) electrons. The largest absolute Gasteiger partial charge is 0.480 e. The molecule has 1 aliphatic carbocycles. The number of hydrogen-bond donors (Lipinski definition) is 2. The molecule has 0 fully saturated rings. The summed E-state index contributed by atoms with van der Waals surface area (Å²) in [6.45, 7) is 1.54. The third-order valence-electron chi connectivity index (χ3n) is 2.74. The second-order valence-corrected chi connectivity index (χ2v) is 3.74. The van der Waals surface area contributed by atoms with Gasteiger partial charge in [-0.2, -0.15) is 0 Å². The first-order chi connectivity index (χ1) is 7.85. The highest BCUT2D eigenvalue weighted by atomic mass is 16.5. The molecule has 0 aliphatic heterocycles. The van der Waals surface area contributed by atoms with E-state index < -0.39 is 29.7 Å². The van der Waals surface area contributed by atoms with Crippen molar-refractivity contribution >= 4 is 17.9 Å². The molecule has 0 aromatic rings. The van der Waals surface area contributed by atoms with E-state index in [-0.39, 0.29) is 5.57 Å². The maximum atomic E-state index is 11.5. The molecule has 1 aliphatic rings. The summed E-state index contributed by atoms with van der Waals surface area (Å²) in [6, 6.07) is 0. The fourth-order valence-electron chi connectivity index (χ4n) is 1.65. The summed E-state index contributed by atoms with van der Waals surface area (Å²) in [6.07, 6.45) is 2.08. The number of hydrogen-bond acceptors (Lipinski definition) is 4. The second kappa shape index (κ2) is 4.40. The van der Waals surface area contributed by atoms with E-state index in [0.29, 0.717) is 5.57 Å². The molecule has 0 saturated heterocycles. The van der Waals surface area contributed by atoms with Crippen LogP contribution in [0.15, 0.2) is 23.3 Å². The number of carboxylic acid groups (broad SMARTS) is 2. The zero-order valence-electron chi connectivity index (χ0n) is 9.39. The van der Waals surface area contributed by atoms with E-state index in [2.05, 4.69) is 4.74 Å². The number of rotatable bonds is 3. The quantitative estimate of drug-likeness (QED) is 0.553. The number of allylic oxidation sites excluding steroid dienone is 2. The van der Waals surface area contributed by atoms with Crippen molar-refractivity contribution in [3.63, 3.8) is 0 Å². The predicted molar refractivity (Wildman–Crippen MR) is 56.2 cm³/mol. The Morgan fingerprint density at radius 1 is 1.35 bits per heavy atom. The predicted octanol–water partition coefficient (Wildman–Crippen LogP) is 0.591. The van der Waals surface area contributed by atoms with Crippen LogP contribution in [0, 0.1) is 5.41 Å². The van der Waals surface area contributed by atoms with Crippen LogP contribution in [-0.4, -0.2) is 35.2 Å². The number of aliphatic carboxylic acids is 2. The van der Waals surface area contributed by atoms with E-state index in [1.807, 2.05) is 0 Å². The van der Waals surface area contributed by atoms with E-state index in [4.69, 9.17) is 10.2 Å². The van der Waals surface area contributed by atoms with Gasteiger partial charge in [-0.3, -0.25) is 9.59 Å². The van der Waals surface area contributed by atoms with E-state index in [1.54, 1.807) is 6.92 Å². The van der Waals surface area contributed by atoms with Crippen LogP contribution in [0.4, 0.5) is 0 Å². The third kappa shape index (κ3) is 2.06.